The van der Waals surface area contributed by atoms with Gasteiger partial charge in [0.1, 0.15) is 12.1 Å². The third kappa shape index (κ3) is 3.46. The zero-order valence-electron chi connectivity index (χ0n) is 15.2. The fourth-order valence-corrected chi connectivity index (χ4v) is 4.86. The summed E-state index contributed by atoms with van der Waals surface area (Å²) >= 11 is 1.61. The number of rotatable bonds is 4. The van der Waals surface area contributed by atoms with E-state index >= 15 is 0 Å². The van der Waals surface area contributed by atoms with Gasteiger partial charge in [0.15, 0.2) is 0 Å². The van der Waals surface area contributed by atoms with Gasteiger partial charge in [-0.3, -0.25) is 4.79 Å². The summed E-state index contributed by atoms with van der Waals surface area (Å²) in [4.78, 5) is 25.5. The summed E-state index contributed by atoms with van der Waals surface area (Å²) in [7, 11) is -2.24. The highest BCUT2D eigenvalue weighted by Gasteiger charge is 2.25. The van der Waals surface area contributed by atoms with Crippen molar-refractivity contribution in [2.24, 2.45) is 0 Å². The minimum absolute atomic E-state index is 0.0839. The Morgan fingerprint density at radius 2 is 1.93 bits per heavy atom. The number of fused-ring (bicyclic) bond motifs is 1. The van der Waals surface area contributed by atoms with Crippen molar-refractivity contribution in [3.8, 4) is 0 Å². The number of benzene rings is 1. The largest absolute Gasteiger partial charge is 0.352 e. The van der Waals surface area contributed by atoms with E-state index in [-0.39, 0.29) is 10.8 Å². The molecule has 3 aromatic rings. The maximum atomic E-state index is 12.9. The molecule has 0 unspecified atom stereocenters. The quantitative estimate of drug-likeness (QED) is 0.692. The molecule has 0 spiro atoms. The lowest BCUT2D eigenvalue weighted by atomic mass is 10.2. The van der Waals surface area contributed by atoms with Crippen LogP contribution in [0.3, 0.4) is 0 Å². The van der Waals surface area contributed by atoms with Crippen molar-refractivity contribution >= 4 is 43.3 Å². The van der Waals surface area contributed by atoms with Crippen LogP contribution in [0.2, 0.25) is 0 Å². The molecule has 1 N–H and O–H groups in total. The average Bonchev–Trinajstić information content (AvgIpc) is 3.22. The fraction of sp³-hybridized carbons (Fsp3) is 0.278. The highest BCUT2D eigenvalue weighted by molar-refractivity contribution is 7.89. The van der Waals surface area contributed by atoms with Crippen LogP contribution in [0.15, 0.2) is 46.9 Å². The van der Waals surface area contributed by atoms with Gasteiger partial charge in [-0.15, -0.1) is 11.3 Å². The Hall–Kier alpha value is -2.56. The van der Waals surface area contributed by atoms with Crippen LogP contribution >= 0.6 is 11.3 Å². The van der Waals surface area contributed by atoms with Gasteiger partial charge in [-0.05, 0) is 36.7 Å². The van der Waals surface area contributed by atoms with Crippen molar-refractivity contribution in [3.05, 3.63) is 47.6 Å². The topological polar surface area (TPSA) is 95.5 Å². The van der Waals surface area contributed by atoms with Gasteiger partial charge in [-0.2, -0.15) is 0 Å². The van der Waals surface area contributed by atoms with Crippen molar-refractivity contribution in [2.45, 2.75) is 4.90 Å². The van der Waals surface area contributed by atoms with E-state index in [4.69, 9.17) is 0 Å². The summed E-state index contributed by atoms with van der Waals surface area (Å²) in [6, 6.07) is 8.09. The van der Waals surface area contributed by atoms with E-state index in [0.29, 0.717) is 31.7 Å². The van der Waals surface area contributed by atoms with Crippen LogP contribution in [-0.4, -0.2) is 62.4 Å². The minimum atomic E-state index is -3.59. The molecule has 3 heterocycles. The number of piperazine rings is 1. The Labute approximate surface area is 166 Å². The average molecular weight is 418 g/mol. The number of nitrogens with zero attached hydrogens (tertiary/aromatic N) is 4. The van der Waals surface area contributed by atoms with Gasteiger partial charge in [0.2, 0.25) is 10.0 Å². The molecule has 4 rings (SSSR count). The Morgan fingerprint density at radius 3 is 2.68 bits per heavy atom. The summed E-state index contributed by atoms with van der Waals surface area (Å²) in [5.41, 5.74) is 1.29. The molecule has 1 saturated heterocycles. The summed E-state index contributed by atoms with van der Waals surface area (Å²) in [5, 5.41) is 1.99. The summed E-state index contributed by atoms with van der Waals surface area (Å²) in [6.07, 6.45) is 1.57. The summed E-state index contributed by atoms with van der Waals surface area (Å²) in [6.45, 7) is 2.39. The third-order valence-electron chi connectivity index (χ3n) is 4.75. The fourth-order valence-electron chi connectivity index (χ4n) is 3.22. The van der Waals surface area contributed by atoms with Crippen molar-refractivity contribution in [2.75, 3.05) is 38.1 Å². The zero-order valence-corrected chi connectivity index (χ0v) is 16.8. The summed E-state index contributed by atoms with van der Waals surface area (Å²) < 4.78 is 27.3. The molecule has 0 saturated carbocycles. The molecule has 8 nitrogen and oxygen atoms in total. The number of nitrogens with one attached hydrogen (secondary N) is 1. The van der Waals surface area contributed by atoms with E-state index in [2.05, 4.69) is 19.6 Å². The Balaban J connectivity index is 1.49. The van der Waals surface area contributed by atoms with Gasteiger partial charge >= 0.3 is 0 Å². The number of hydrogen-bond acceptors (Lipinski definition) is 7. The molecule has 28 heavy (non-hydrogen) atoms. The smallest absolute Gasteiger partial charge is 0.254 e. The van der Waals surface area contributed by atoms with Crippen molar-refractivity contribution in [1.29, 1.82) is 0 Å². The van der Waals surface area contributed by atoms with Gasteiger partial charge in [-0.1, -0.05) is 6.07 Å². The predicted octanol–water partition coefficient (Wildman–Crippen LogP) is 1.56. The number of thiophene rings is 1. The van der Waals surface area contributed by atoms with E-state index in [1.54, 1.807) is 34.7 Å². The van der Waals surface area contributed by atoms with Crippen LogP contribution in [0.4, 0.5) is 5.82 Å². The lowest BCUT2D eigenvalue weighted by molar-refractivity contribution is 0.0746. The Bertz CT molecular complexity index is 1120. The molecule has 1 aliphatic heterocycles. The molecule has 1 amide bonds. The number of aromatic nitrogens is 2. The zero-order chi connectivity index (χ0) is 19.7. The maximum absolute atomic E-state index is 12.9. The molecule has 1 aliphatic rings. The molecular formula is C18H19N5O3S2. The van der Waals surface area contributed by atoms with E-state index in [1.807, 2.05) is 11.4 Å². The normalized spacial score (nSPS) is 15.2. The first-order valence-electron chi connectivity index (χ1n) is 8.75. The van der Waals surface area contributed by atoms with E-state index in [9.17, 15) is 13.2 Å². The van der Waals surface area contributed by atoms with Gasteiger partial charge in [0.05, 0.1) is 15.1 Å². The molecule has 0 aliphatic carbocycles. The molecule has 10 heteroatoms. The number of sulfonamides is 1. The SMILES string of the molecule is CNS(=O)(=O)c1cccc(C(=O)N2CCN(c3ncnc4ccsc34)CC2)c1. The highest BCUT2D eigenvalue weighted by Crippen LogP contribution is 2.28. The standard InChI is InChI=1S/C18H19N5O3S2/c1-19-28(25,26)14-4-2-3-13(11-14)18(24)23-8-6-22(7-9-23)17-16-15(5-10-27-16)20-12-21-17/h2-5,10-12,19H,6-9H2,1H3. The number of anilines is 1. The van der Waals surface area contributed by atoms with Crippen LogP contribution in [0.25, 0.3) is 10.2 Å². The lowest BCUT2D eigenvalue weighted by Crippen LogP contribution is -2.49. The second-order valence-corrected chi connectivity index (χ2v) is 9.15. The Kier molecular flexibility index (Phi) is 5.00. The molecule has 0 radical (unpaired) electrons. The van der Waals surface area contributed by atoms with E-state index in [0.717, 1.165) is 16.0 Å². The molecule has 1 aromatic carbocycles. The van der Waals surface area contributed by atoms with Crippen LogP contribution in [0.5, 0.6) is 0 Å². The summed E-state index contributed by atoms with van der Waals surface area (Å²) in [5.74, 6) is 0.728. The predicted molar refractivity (Wildman–Crippen MR) is 108 cm³/mol. The monoisotopic (exact) mass is 417 g/mol. The third-order valence-corrected chi connectivity index (χ3v) is 7.06. The first-order valence-corrected chi connectivity index (χ1v) is 11.1. The van der Waals surface area contributed by atoms with Crippen LogP contribution in [-0.2, 0) is 10.0 Å². The van der Waals surface area contributed by atoms with Gasteiger partial charge < -0.3 is 9.80 Å². The van der Waals surface area contributed by atoms with E-state index < -0.39 is 10.0 Å². The van der Waals surface area contributed by atoms with Crippen LogP contribution in [0.1, 0.15) is 10.4 Å². The van der Waals surface area contributed by atoms with Gasteiger partial charge in [-0.25, -0.2) is 23.1 Å². The van der Waals surface area contributed by atoms with Crippen LogP contribution < -0.4 is 9.62 Å². The molecule has 2 aromatic heterocycles. The van der Waals surface area contributed by atoms with Gasteiger partial charge in [0, 0.05) is 31.7 Å². The van der Waals surface area contributed by atoms with Crippen molar-refractivity contribution in [3.63, 3.8) is 0 Å². The minimum Gasteiger partial charge on any atom is -0.352 e. The van der Waals surface area contributed by atoms with Crippen LogP contribution in [0, 0.1) is 0 Å². The first-order chi connectivity index (χ1) is 13.5. The van der Waals surface area contributed by atoms with Crippen molar-refractivity contribution in [1.82, 2.24) is 19.6 Å². The molecular weight excluding hydrogens is 398 g/mol. The number of hydrogen-bond donors (Lipinski definition) is 1. The maximum Gasteiger partial charge on any atom is 0.254 e. The van der Waals surface area contributed by atoms with E-state index in [1.165, 1.54) is 19.2 Å². The molecule has 0 bridgehead atoms. The number of amides is 1. The second kappa shape index (κ2) is 7.46. The lowest BCUT2D eigenvalue weighted by Gasteiger charge is -2.35. The second-order valence-electron chi connectivity index (χ2n) is 6.35. The number of carbonyl (C=O) groups excluding carboxylic acids is 1. The Morgan fingerprint density at radius 1 is 1.14 bits per heavy atom. The molecule has 1 fully saturated rings. The molecule has 0 atom stereocenters. The van der Waals surface area contributed by atoms with Gasteiger partial charge in [0.25, 0.3) is 5.91 Å². The first kappa shape index (κ1) is 18.8. The highest BCUT2D eigenvalue weighted by atomic mass is 32.2. The molecule has 146 valence electrons. The van der Waals surface area contributed by atoms with Crippen molar-refractivity contribution < 1.29 is 13.2 Å². The number of carbonyl (C=O) groups is 1.